The molecule has 0 aliphatic heterocycles. The van der Waals surface area contributed by atoms with E-state index in [-0.39, 0.29) is 0 Å². The van der Waals surface area contributed by atoms with Gasteiger partial charge in [0.25, 0.3) is 0 Å². The molecule has 0 bridgehead atoms. The smallest absolute Gasteiger partial charge is 0.141 e. The highest BCUT2D eigenvalue weighted by Gasteiger charge is 2.04. The van der Waals surface area contributed by atoms with Crippen molar-refractivity contribution in [2.24, 2.45) is 0 Å². The van der Waals surface area contributed by atoms with Gasteiger partial charge in [0, 0.05) is 28.4 Å². The Hall–Kier alpha value is -1.82. The van der Waals surface area contributed by atoms with Gasteiger partial charge in [-0.25, -0.2) is 4.98 Å². The van der Waals surface area contributed by atoms with Gasteiger partial charge in [0.2, 0.25) is 0 Å². The predicted octanol–water partition coefficient (Wildman–Crippen LogP) is 2.05. The predicted molar refractivity (Wildman–Crippen MR) is 50.3 cm³/mol. The molecule has 0 aromatic carbocycles. The number of aryl methyl sites for hydroxylation is 2. The number of hydrogen-bond donors (Lipinski definition) is 1. The summed E-state index contributed by atoms with van der Waals surface area (Å²) < 4.78 is 0. The molecule has 0 aliphatic rings. The van der Waals surface area contributed by atoms with E-state index in [0.29, 0.717) is 5.69 Å². The van der Waals surface area contributed by atoms with E-state index in [0.717, 1.165) is 22.2 Å². The minimum absolute atomic E-state index is 0.467. The van der Waals surface area contributed by atoms with Gasteiger partial charge in [0.15, 0.2) is 0 Å². The maximum absolute atomic E-state index is 8.67. The van der Waals surface area contributed by atoms with Crippen molar-refractivity contribution < 1.29 is 0 Å². The van der Waals surface area contributed by atoms with Crippen LogP contribution in [0.15, 0.2) is 12.3 Å². The van der Waals surface area contributed by atoms with E-state index in [4.69, 9.17) is 5.26 Å². The number of pyridine rings is 1. The topological polar surface area (TPSA) is 52.5 Å². The van der Waals surface area contributed by atoms with Crippen molar-refractivity contribution in [1.29, 1.82) is 5.26 Å². The van der Waals surface area contributed by atoms with Gasteiger partial charge in [0.1, 0.15) is 11.8 Å². The van der Waals surface area contributed by atoms with Crippen LogP contribution in [0.3, 0.4) is 0 Å². The van der Waals surface area contributed by atoms with Crippen LogP contribution >= 0.6 is 0 Å². The summed E-state index contributed by atoms with van der Waals surface area (Å²) in [6, 6.07) is 3.84. The maximum Gasteiger partial charge on any atom is 0.141 e. The van der Waals surface area contributed by atoms with Crippen molar-refractivity contribution in [3.05, 3.63) is 29.3 Å². The molecule has 2 heterocycles. The van der Waals surface area contributed by atoms with Crippen LogP contribution in [-0.2, 0) is 0 Å². The molecule has 13 heavy (non-hydrogen) atoms. The van der Waals surface area contributed by atoms with Gasteiger partial charge in [-0.2, -0.15) is 5.26 Å². The van der Waals surface area contributed by atoms with Crippen molar-refractivity contribution in [3.63, 3.8) is 0 Å². The van der Waals surface area contributed by atoms with Gasteiger partial charge in [-0.1, -0.05) is 0 Å². The summed E-state index contributed by atoms with van der Waals surface area (Å²) in [5.74, 6) is 0. The molecule has 0 spiro atoms. The molecule has 64 valence electrons. The molecule has 0 radical (unpaired) electrons. The summed E-state index contributed by atoms with van der Waals surface area (Å²) in [6.45, 7) is 4.00. The van der Waals surface area contributed by atoms with Gasteiger partial charge >= 0.3 is 0 Å². The second-order valence-corrected chi connectivity index (χ2v) is 3.10. The molecule has 3 nitrogen and oxygen atoms in total. The van der Waals surface area contributed by atoms with E-state index in [9.17, 15) is 0 Å². The number of aromatic amines is 1. The van der Waals surface area contributed by atoms with Crippen molar-refractivity contribution in [1.82, 2.24) is 9.97 Å². The van der Waals surface area contributed by atoms with E-state index in [1.54, 1.807) is 6.20 Å². The van der Waals surface area contributed by atoms with Crippen LogP contribution in [0.4, 0.5) is 0 Å². The molecule has 0 unspecified atom stereocenters. The number of H-pyrrole nitrogens is 1. The Kier molecular flexibility index (Phi) is 1.56. The van der Waals surface area contributed by atoms with Crippen LogP contribution in [0.1, 0.15) is 17.1 Å². The molecule has 1 N–H and O–H groups in total. The van der Waals surface area contributed by atoms with E-state index in [1.165, 1.54) is 0 Å². The molecule has 0 amide bonds. The summed E-state index contributed by atoms with van der Waals surface area (Å²) >= 11 is 0. The van der Waals surface area contributed by atoms with Crippen molar-refractivity contribution in [3.8, 4) is 6.07 Å². The molecule has 0 saturated carbocycles. The summed E-state index contributed by atoms with van der Waals surface area (Å²) in [5, 5.41) is 10.9. The molecule has 2 rings (SSSR count). The van der Waals surface area contributed by atoms with Gasteiger partial charge in [-0.05, 0) is 19.9 Å². The normalized spacial score (nSPS) is 10.2. The Labute approximate surface area is 76.0 Å². The van der Waals surface area contributed by atoms with E-state index < -0.39 is 0 Å². The average Bonchev–Trinajstić information content (AvgIpc) is 2.42. The second-order valence-electron chi connectivity index (χ2n) is 3.10. The molecule has 2 aromatic heterocycles. The lowest BCUT2D eigenvalue weighted by atomic mass is 10.2. The van der Waals surface area contributed by atoms with Gasteiger partial charge < -0.3 is 4.98 Å². The zero-order chi connectivity index (χ0) is 9.42. The summed E-state index contributed by atoms with van der Waals surface area (Å²) in [5.41, 5.74) is 2.66. The molecule has 0 atom stereocenters. The number of nitriles is 1. The van der Waals surface area contributed by atoms with Crippen LogP contribution in [-0.4, -0.2) is 9.97 Å². The van der Waals surface area contributed by atoms with Crippen molar-refractivity contribution in [2.75, 3.05) is 0 Å². The zero-order valence-corrected chi connectivity index (χ0v) is 7.55. The fourth-order valence-electron chi connectivity index (χ4n) is 1.54. The third kappa shape index (κ3) is 1.07. The molecule has 0 aliphatic carbocycles. The minimum Gasteiger partial charge on any atom is -0.362 e. The summed E-state index contributed by atoms with van der Waals surface area (Å²) in [4.78, 5) is 7.24. The number of hydrogen-bond acceptors (Lipinski definition) is 2. The van der Waals surface area contributed by atoms with E-state index in [2.05, 4.69) is 9.97 Å². The molecule has 3 heteroatoms. The molecule has 2 aromatic rings. The maximum atomic E-state index is 8.67. The van der Waals surface area contributed by atoms with Gasteiger partial charge in [-0.15, -0.1) is 0 Å². The monoisotopic (exact) mass is 171 g/mol. The first-order valence-corrected chi connectivity index (χ1v) is 4.07. The SMILES string of the molecule is Cc1[nH]c(C)c2cc(C#N)ncc12. The summed E-state index contributed by atoms with van der Waals surface area (Å²) in [7, 11) is 0. The van der Waals surface area contributed by atoms with E-state index in [1.807, 2.05) is 26.0 Å². The minimum atomic E-state index is 0.467. The lowest BCUT2D eigenvalue weighted by Crippen LogP contribution is -1.80. The average molecular weight is 171 g/mol. The largest absolute Gasteiger partial charge is 0.362 e. The highest BCUT2D eigenvalue weighted by Crippen LogP contribution is 2.21. The number of nitrogens with one attached hydrogen (secondary N) is 1. The van der Waals surface area contributed by atoms with Crippen LogP contribution < -0.4 is 0 Å². The Balaban J connectivity index is 2.86. The van der Waals surface area contributed by atoms with Gasteiger partial charge in [0.05, 0.1) is 0 Å². The summed E-state index contributed by atoms with van der Waals surface area (Å²) in [6.07, 6.45) is 1.74. The fraction of sp³-hybridized carbons (Fsp3) is 0.200. The van der Waals surface area contributed by atoms with Crippen LogP contribution in [0.25, 0.3) is 10.8 Å². The number of nitrogens with zero attached hydrogens (tertiary/aromatic N) is 2. The Bertz CT molecular complexity index is 503. The van der Waals surface area contributed by atoms with Crippen LogP contribution in [0, 0.1) is 25.2 Å². The fourth-order valence-corrected chi connectivity index (χ4v) is 1.54. The highest BCUT2D eigenvalue weighted by molar-refractivity contribution is 5.87. The molecule has 0 saturated heterocycles. The highest BCUT2D eigenvalue weighted by atomic mass is 14.7. The Morgan fingerprint density at radius 3 is 2.69 bits per heavy atom. The second kappa shape index (κ2) is 2.60. The van der Waals surface area contributed by atoms with Crippen molar-refractivity contribution in [2.45, 2.75) is 13.8 Å². The van der Waals surface area contributed by atoms with Crippen LogP contribution in [0.2, 0.25) is 0 Å². The number of aromatic nitrogens is 2. The standard InChI is InChI=1S/C10H9N3/c1-6-9-3-8(4-11)12-5-10(9)7(2)13-6/h3,5,13H,1-2H3. The molecular weight excluding hydrogens is 162 g/mol. The lowest BCUT2D eigenvalue weighted by Gasteiger charge is -1.91. The van der Waals surface area contributed by atoms with Crippen LogP contribution in [0.5, 0.6) is 0 Å². The zero-order valence-electron chi connectivity index (χ0n) is 7.55. The lowest BCUT2D eigenvalue weighted by molar-refractivity contribution is 1.20. The Morgan fingerprint density at radius 1 is 1.31 bits per heavy atom. The first-order valence-electron chi connectivity index (χ1n) is 4.07. The molecular formula is C10H9N3. The number of fused-ring (bicyclic) bond motifs is 1. The third-order valence-electron chi connectivity index (χ3n) is 2.20. The van der Waals surface area contributed by atoms with Crippen molar-refractivity contribution >= 4 is 10.8 Å². The first-order chi connectivity index (χ1) is 6.22. The quantitative estimate of drug-likeness (QED) is 0.659. The van der Waals surface area contributed by atoms with E-state index >= 15 is 0 Å². The first kappa shape index (κ1) is 7.81. The third-order valence-corrected chi connectivity index (χ3v) is 2.20. The van der Waals surface area contributed by atoms with Gasteiger partial charge in [-0.3, -0.25) is 0 Å². The Morgan fingerprint density at radius 2 is 2.00 bits per heavy atom. The number of rotatable bonds is 0. The molecule has 0 fully saturated rings.